The number of unbranched alkanes of at least 4 members (excludes halogenated alkanes) is 2. The van der Waals surface area contributed by atoms with Gasteiger partial charge < -0.3 is 41.9 Å². The van der Waals surface area contributed by atoms with Gasteiger partial charge in [-0.3, -0.25) is 0 Å². The van der Waals surface area contributed by atoms with Gasteiger partial charge in [0.1, 0.15) is 0 Å². The maximum Gasteiger partial charge on any atom is 0.0478 e. The molecular weight excluding hydrogens is 360 g/mol. The fourth-order valence-corrected chi connectivity index (χ4v) is 1.97. The summed E-state index contributed by atoms with van der Waals surface area (Å²) in [4.78, 5) is 0. The van der Waals surface area contributed by atoms with Crippen LogP contribution in [0.2, 0.25) is 0 Å². The summed E-state index contributed by atoms with van der Waals surface area (Å²) in [5.41, 5.74) is 21.3. The lowest BCUT2D eigenvalue weighted by atomic mass is 10.3. The SMILES string of the molecule is NCCCOCCCCOCCCN.NCCCOCCCCOCCCN. The van der Waals surface area contributed by atoms with E-state index >= 15 is 0 Å². The van der Waals surface area contributed by atoms with Crippen LogP contribution in [-0.4, -0.2) is 79.0 Å². The maximum absolute atomic E-state index is 5.35. The molecule has 28 heavy (non-hydrogen) atoms. The van der Waals surface area contributed by atoms with E-state index in [0.29, 0.717) is 26.2 Å². The first-order valence-electron chi connectivity index (χ1n) is 10.9. The zero-order chi connectivity index (χ0) is 21.0. The van der Waals surface area contributed by atoms with Gasteiger partial charge >= 0.3 is 0 Å². The minimum absolute atomic E-state index is 0.711. The van der Waals surface area contributed by atoms with E-state index in [9.17, 15) is 0 Å². The van der Waals surface area contributed by atoms with Gasteiger partial charge in [0, 0.05) is 52.9 Å². The van der Waals surface area contributed by atoms with Gasteiger partial charge in [-0.1, -0.05) is 0 Å². The van der Waals surface area contributed by atoms with E-state index in [1.807, 2.05) is 0 Å². The molecule has 0 aliphatic rings. The molecule has 0 aromatic rings. The van der Waals surface area contributed by atoms with Crippen molar-refractivity contribution in [2.75, 3.05) is 79.0 Å². The molecule has 0 spiro atoms. The van der Waals surface area contributed by atoms with E-state index in [0.717, 1.165) is 104 Å². The Morgan fingerprint density at radius 1 is 0.286 bits per heavy atom. The molecule has 8 N–H and O–H groups in total. The van der Waals surface area contributed by atoms with Crippen LogP contribution < -0.4 is 22.9 Å². The largest absolute Gasteiger partial charge is 0.381 e. The standard InChI is InChI=1S/2C10H24N2O2/c2*11-5-3-9-13-7-1-2-8-14-10-4-6-12/h2*1-12H2. The maximum atomic E-state index is 5.35. The Hall–Kier alpha value is -0.320. The van der Waals surface area contributed by atoms with E-state index in [4.69, 9.17) is 41.9 Å². The summed E-state index contributed by atoms with van der Waals surface area (Å²) in [6.45, 7) is 9.25. The average Bonchev–Trinajstić information content (AvgIpc) is 2.71. The van der Waals surface area contributed by atoms with Crippen molar-refractivity contribution < 1.29 is 18.9 Å². The van der Waals surface area contributed by atoms with E-state index in [-0.39, 0.29) is 0 Å². The Balaban J connectivity index is 0. The molecule has 0 aromatic carbocycles. The summed E-state index contributed by atoms with van der Waals surface area (Å²) in [7, 11) is 0. The number of rotatable bonds is 22. The quantitative estimate of drug-likeness (QED) is 0.194. The number of nitrogens with two attached hydrogens (primary N) is 4. The Kier molecular flexibility index (Phi) is 33.5. The summed E-state index contributed by atoms with van der Waals surface area (Å²) >= 11 is 0. The van der Waals surface area contributed by atoms with Gasteiger partial charge in [0.15, 0.2) is 0 Å². The van der Waals surface area contributed by atoms with Gasteiger partial charge in [-0.25, -0.2) is 0 Å². The van der Waals surface area contributed by atoms with Crippen LogP contribution in [0.25, 0.3) is 0 Å². The van der Waals surface area contributed by atoms with Crippen molar-refractivity contribution in [3.63, 3.8) is 0 Å². The van der Waals surface area contributed by atoms with Gasteiger partial charge in [-0.05, 0) is 77.5 Å². The Bertz CT molecular complexity index is 204. The first-order chi connectivity index (χ1) is 13.8. The lowest BCUT2D eigenvalue weighted by Crippen LogP contribution is -2.07. The molecule has 0 aliphatic carbocycles. The van der Waals surface area contributed by atoms with Gasteiger partial charge in [-0.2, -0.15) is 0 Å². The van der Waals surface area contributed by atoms with Crippen LogP contribution in [0.15, 0.2) is 0 Å². The van der Waals surface area contributed by atoms with Crippen molar-refractivity contribution >= 4 is 0 Å². The number of hydrogen-bond donors (Lipinski definition) is 4. The third-order valence-electron chi connectivity index (χ3n) is 3.63. The number of ether oxygens (including phenoxy) is 4. The number of hydrogen-bond acceptors (Lipinski definition) is 8. The van der Waals surface area contributed by atoms with Crippen LogP contribution in [0.3, 0.4) is 0 Å². The topological polar surface area (TPSA) is 141 Å². The van der Waals surface area contributed by atoms with Crippen LogP contribution in [-0.2, 0) is 18.9 Å². The monoisotopic (exact) mass is 408 g/mol. The molecule has 8 nitrogen and oxygen atoms in total. The molecule has 0 bridgehead atoms. The summed E-state index contributed by atoms with van der Waals surface area (Å²) in [6, 6.07) is 0. The van der Waals surface area contributed by atoms with Crippen molar-refractivity contribution in [3.8, 4) is 0 Å². The third-order valence-corrected chi connectivity index (χ3v) is 3.63. The zero-order valence-corrected chi connectivity index (χ0v) is 18.1. The minimum Gasteiger partial charge on any atom is -0.381 e. The molecule has 0 saturated carbocycles. The molecule has 0 amide bonds. The van der Waals surface area contributed by atoms with Gasteiger partial charge in [0.05, 0.1) is 0 Å². The molecule has 8 heteroatoms. The van der Waals surface area contributed by atoms with Gasteiger partial charge in [0.2, 0.25) is 0 Å². The summed E-state index contributed by atoms with van der Waals surface area (Å²) in [5.74, 6) is 0. The highest BCUT2D eigenvalue weighted by molar-refractivity contribution is 4.42. The lowest BCUT2D eigenvalue weighted by Gasteiger charge is -2.04. The second-order valence-corrected chi connectivity index (χ2v) is 6.43. The minimum atomic E-state index is 0.711. The Morgan fingerprint density at radius 3 is 0.643 bits per heavy atom. The van der Waals surface area contributed by atoms with Crippen LogP contribution in [0.4, 0.5) is 0 Å². The predicted molar refractivity (Wildman–Crippen MR) is 116 cm³/mol. The van der Waals surface area contributed by atoms with E-state index in [1.165, 1.54) is 0 Å². The van der Waals surface area contributed by atoms with Crippen molar-refractivity contribution in [1.82, 2.24) is 0 Å². The zero-order valence-electron chi connectivity index (χ0n) is 18.1. The van der Waals surface area contributed by atoms with Crippen molar-refractivity contribution in [2.45, 2.75) is 51.4 Å². The van der Waals surface area contributed by atoms with Gasteiger partial charge in [0.25, 0.3) is 0 Å². The van der Waals surface area contributed by atoms with Crippen LogP contribution >= 0.6 is 0 Å². The molecule has 0 radical (unpaired) electrons. The van der Waals surface area contributed by atoms with Gasteiger partial charge in [-0.15, -0.1) is 0 Å². The Labute approximate surface area is 172 Å². The molecule has 0 rings (SSSR count). The molecular formula is C20H48N4O4. The summed E-state index contributed by atoms with van der Waals surface area (Å²) < 4.78 is 21.4. The molecule has 0 atom stereocenters. The average molecular weight is 409 g/mol. The van der Waals surface area contributed by atoms with Crippen molar-refractivity contribution in [2.24, 2.45) is 22.9 Å². The fraction of sp³-hybridized carbons (Fsp3) is 1.00. The highest BCUT2D eigenvalue weighted by atomic mass is 16.5. The molecule has 0 fully saturated rings. The lowest BCUT2D eigenvalue weighted by molar-refractivity contribution is 0.102. The second-order valence-electron chi connectivity index (χ2n) is 6.43. The molecule has 0 unspecified atom stereocenters. The van der Waals surface area contributed by atoms with Crippen LogP contribution in [0.5, 0.6) is 0 Å². The Morgan fingerprint density at radius 2 is 0.464 bits per heavy atom. The van der Waals surface area contributed by atoms with E-state index < -0.39 is 0 Å². The summed E-state index contributed by atoms with van der Waals surface area (Å²) in [6.07, 6.45) is 8.06. The van der Waals surface area contributed by atoms with Crippen LogP contribution in [0, 0.1) is 0 Å². The highest BCUT2D eigenvalue weighted by Gasteiger charge is 1.92. The first-order valence-corrected chi connectivity index (χ1v) is 10.9. The fourth-order valence-electron chi connectivity index (χ4n) is 1.97. The van der Waals surface area contributed by atoms with Crippen molar-refractivity contribution in [1.29, 1.82) is 0 Å². The van der Waals surface area contributed by atoms with Crippen molar-refractivity contribution in [3.05, 3.63) is 0 Å². The molecule has 0 heterocycles. The smallest absolute Gasteiger partial charge is 0.0478 e. The predicted octanol–water partition coefficient (Wildman–Crippen LogP) is 0.995. The van der Waals surface area contributed by atoms with Crippen LogP contribution in [0.1, 0.15) is 51.4 Å². The highest BCUT2D eigenvalue weighted by Crippen LogP contribution is 1.93. The summed E-state index contributed by atoms with van der Waals surface area (Å²) in [5, 5.41) is 0. The first kappa shape index (κ1) is 29.9. The molecule has 172 valence electrons. The molecule has 0 aromatic heterocycles. The normalized spacial score (nSPS) is 10.7. The van der Waals surface area contributed by atoms with E-state index in [1.54, 1.807) is 0 Å². The van der Waals surface area contributed by atoms with E-state index in [2.05, 4.69) is 0 Å². The third kappa shape index (κ3) is 33.3. The molecule has 0 saturated heterocycles. The second kappa shape index (κ2) is 31.4. The molecule has 0 aliphatic heterocycles.